The van der Waals surface area contributed by atoms with Gasteiger partial charge in [-0.15, -0.1) is 0 Å². The first-order valence-corrected chi connectivity index (χ1v) is 14.5. The van der Waals surface area contributed by atoms with Gasteiger partial charge >= 0.3 is 0 Å². The maximum Gasteiger partial charge on any atom is 0.229 e. The van der Waals surface area contributed by atoms with Crippen LogP contribution in [0.1, 0.15) is 81.5 Å². The van der Waals surface area contributed by atoms with Crippen LogP contribution >= 0.6 is 0 Å². The Morgan fingerprint density at radius 1 is 1.17 bits per heavy atom. The molecule has 5 rings (SSSR count). The normalized spacial score (nSPS) is 26.6. The van der Waals surface area contributed by atoms with Gasteiger partial charge in [0.2, 0.25) is 5.89 Å². The number of hydrogen-bond acceptors (Lipinski definition) is 9. The van der Waals surface area contributed by atoms with Crippen LogP contribution in [0.15, 0.2) is 33.7 Å². The number of aromatic nitrogens is 4. The summed E-state index contributed by atoms with van der Waals surface area (Å²) >= 11 is 0. The lowest BCUT2D eigenvalue weighted by atomic mass is 9.90. The summed E-state index contributed by atoms with van der Waals surface area (Å²) in [5.41, 5.74) is 0.862. The number of nitrogens with one attached hydrogen (secondary N) is 1. The largest absolute Gasteiger partial charge is 0.361 e. The van der Waals surface area contributed by atoms with Crippen molar-refractivity contribution in [1.29, 1.82) is 0 Å². The first-order chi connectivity index (χ1) is 17.1. The second kappa shape index (κ2) is 9.57. The summed E-state index contributed by atoms with van der Waals surface area (Å²) in [4.78, 5) is 16.1. The molecule has 0 aromatic carbocycles. The van der Waals surface area contributed by atoms with Crippen molar-refractivity contribution in [2.24, 2.45) is 0 Å². The molecule has 2 saturated heterocycles. The number of nitrogens with zero attached hydrogens (tertiary/aromatic N) is 5. The highest BCUT2D eigenvalue weighted by Crippen LogP contribution is 2.45. The highest BCUT2D eigenvalue weighted by atomic mass is 32.2. The molecule has 3 unspecified atom stereocenters. The lowest BCUT2D eigenvalue weighted by molar-refractivity contribution is 0.304. The van der Waals surface area contributed by atoms with Gasteiger partial charge in [-0.3, -0.25) is 0 Å². The number of halogens is 1. The van der Waals surface area contributed by atoms with E-state index in [4.69, 9.17) is 4.52 Å². The number of sulfone groups is 1. The van der Waals surface area contributed by atoms with E-state index in [-0.39, 0.29) is 16.7 Å². The fourth-order valence-corrected chi connectivity index (χ4v) is 6.36. The Morgan fingerprint density at radius 3 is 2.53 bits per heavy atom. The number of rotatable bonds is 6. The van der Waals surface area contributed by atoms with E-state index in [0.29, 0.717) is 30.7 Å². The molecule has 11 heteroatoms. The van der Waals surface area contributed by atoms with E-state index in [1.54, 1.807) is 6.08 Å². The molecule has 36 heavy (non-hydrogen) atoms. The summed E-state index contributed by atoms with van der Waals surface area (Å²) in [6, 6.07) is -0.0432. The molecular weight excluding hydrogens is 483 g/mol. The predicted octanol–water partition coefficient (Wildman–Crippen LogP) is 4.56. The van der Waals surface area contributed by atoms with Crippen LogP contribution in [0.3, 0.4) is 0 Å². The van der Waals surface area contributed by atoms with Gasteiger partial charge in [0.1, 0.15) is 23.8 Å². The second-order valence-electron chi connectivity index (χ2n) is 10.5. The minimum atomic E-state index is -3.47. The van der Waals surface area contributed by atoms with Crippen LogP contribution in [0, 0.1) is 6.92 Å². The predicted molar refractivity (Wildman–Crippen MR) is 135 cm³/mol. The van der Waals surface area contributed by atoms with Crippen LogP contribution in [-0.4, -0.2) is 52.9 Å². The molecule has 0 amide bonds. The number of hydrogen-bond donors (Lipinski definition) is 1. The lowest BCUT2D eigenvalue weighted by Gasteiger charge is -2.39. The maximum atomic E-state index is 15.0. The molecule has 2 aliphatic heterocycles. The fraction of sp³-hybridized carbons (Fsp3) is 0.600. The third-order valence-electron chi connectivity index (χ3n) is 7.51. The van der Waals surface area contributed by atoms with Crippen molar-refractivity contribution in [2.45, 2.75) is 89.3 Å². The molecule has 4 heterocycles. The van der Waals surface area contributed by atoms with Gasteiger partial charge in [0.05, 0.1) is 10.9 Å². The van der Waals surface area contributed by atoms with Gasteiger partial charge in [0.25, 0.3) is 0 Å². The van der Waals surface area contributed by atoms with E-state index >= 15 is 0 Å². The summed E-state index contributed by atoms with van der Waals surface area (Å²) < 4.78 is 44.4. The SMILES string of the molecule is Cc1c(NC2CCC=C(S(C)(=O)=O)C=C2F)ncnc1N1C2CCC1CC(c1nc(C(C)C)no1)C2. The lowest BCUT2D eigenvalue weighted by Crippen LogP contribution is -2.43. The van der Waals surface area contributed by atoms with Gasteiger partial charge in [-0.25, -0.2) is 22.8 Å². The molecule has 0 spiro atoms. The van der Waals surface area contributed by atoms with E-state index < -0.39 is 21.7 Å². The summed E-state index contributed by atoms with van der Waals surface area (Å²) in [7, 11) is -3.47. The van der Waals surface area contributed by atoms with Crippen LogP contribution in [-0.2, 0) is 9.84 Å². The van der Waals surface area contributed by atoms with Gasteiger partial charge in [-0.2, -0.15) is 4.98 Å². The van der Waals surface area contributed by atoms with Crippen molar-refractivity contribution in [3.05, 3.63) is 46.5 Å². The molecule has 0 saturated carbocycles. The smallest absolute Gasteiger partial charge is 0.229 e. The molecule has 2 bridgehead atoms. The molecule has 2 aromatic rings. The van der Waals surface area contributed by atoms with E-state index in [2.05, 4.69) is 44.2 Å². The second-order valence-corrected chi connectivity index (χ2v) is 12.5. The minimum absolute atomic E-state index is 0.0191. The van der Waals surface area contributed by atoms with Crippen molar-refractivity contribution in [1.82, 2.24) is 20.1 Å². The van der Waals surface area contributed by atoms with Gasteiger partial charge in [0.15, 0.2) is 15.7 Å². The average Bonchev–Trinajstić information content (AvgIpc) is 3.35. The Labute approximate surface area is 211 Å². The highest BCUT2D eigenvalue weighted by Gasteiger charge is 2.44. The number of anilines is 2. The Hall–Kier alpha value is -2.82. The minimum Gasteiger partial charge on any atom is -0.361 e. The molecule has 1 N–H and O–H groups in total. The first kappa shape index (κ1) is 24.9. The van der Waals surface area contributed by atoms with Crippen LogP contribution in [0.2, 0.25) is 0 Å². The van der Waals surface area contributed by atoms with Crippen LogP contribution < -0.4 is 10.2 Å². The monoisotopic (exact) mass is 516 g/mol. The van der Waals surface area contributed by atoms with Crippen molar-refractivity contribution in [2.75, 3.05) is 16.5 Å². The summed E-state index contributed by atoms with van der Waals surface area (Å²) in [6.07, 6.45) is 10.2. The molecular formula is C25H33FN6O3S. The third kappa shape index (κ3) is 4.77. The number of fused-ring (bicyclic) bond motifs is 2. The third-order valence-corrected chi connectivity index (χ3v) is 8.65. The molecule has 2 fully saturated rings. The van der Waals surface area contributed by atoms with Crippen molar-refractivity contribution >= 4 is 21.5 Å². The van der Waals surface area contributed by atoms with Crippen molar-refractivity contribution in [3.63, 3.8) is 0 Å². The molecule has 2 aromatic heterocycles. The van der Waals surface area contributed by atoms with Crippen LogP contribution in [0.25, 0.3) is 0 Å². The van der Waals surface area contributed by atoms with Gasteiger partial charge in [0, 0.05) is 35.7 Å². The average molecular weight is 517 g/mol. The standard InChI is InChI=1S/C25H33FN6O3S/c1-14(2)22-30-25(35-31-22)16-10-17-8-9-18(11-16)32(17)24-15(3)23(27-13-28-24)29-21-7-5-6-19(12-20(21)26)36(4,33)34/h6,12-14,16-18,21H,5,7-11H2,1-4H3,(H,27,28,29). The Kier molecular flexibility index (Phi) is 6.61. The number of allylic oxidation sites excluding steroid dienone is 2. The van der Waals surface area contributed by atoms with Gasteiger partial charge in [-0.05, 0) is 51.5 Å². The zero-order valence-corrected chi connectivity index (χ0v) is 21.9. The zero-order chi connectivity index (χ0) is 25.6. The topological polar surface area (TPSA) is 114 Å². The molecule has 3 aliphatic rings. The maximum absolute atomic E-state index is 15.0. The van der Waals surface area contributed by atoms with Gasteiger partial charge < -0.3 is 14.7 Å². The van der Waals surface area contributed by atoms with E-state index in [1.807, 2.05) is 6.92 Å². The van der Waals surface area contributed by atoms with E-state index in [1.165, 1.54) is 6.33 Å². The van der Waals surface area contributed by atoms with Crippen LogP contribution in [0.5, 0.6) is 0 Å². The Morgan fingerprint density at radius 2 is 1.89 bits per heavy atom. The van der Waals surface area contributed by atoms with Crippen molar-refractivity contribution in [3.8, 4) is 0 Å². The molecule has 9 nitrogen and oxygen atoms in total. The first-order valence-electron chi connectivity index (χ1n) is 12.6. The van der Waals surface area contributed by atoms with Crippen LogP contribution in [0.4, 0.5) is 16.0 Å². The zero-order valence-electron chi connectivity index (χ0n) is 21.1. The van der Waals surface area contributed by atoms with Crippen molar-refractivity contribution < 1.29 is 17.3 Å². The van der Waals surface area contributed by atoms with E-state index in [0.717, 1.165) is 61.1 Å². The summed E-state index contributed by atoms with van der Waals surface area (Å²) in [5, 5.41) is 7.36. The van der Waals surface area contributed by atoms with Gasteiger partial charge in [-0.1, -0.05) is 25.1 Å². The quantitative estimate of drug-likeness (QED) is 0.590. The molecule has 194 valence electrons. The molecule has 0 radical (unpaired) electrons. The summed E-state index contributed by atoms with van der Waals surface area (Å²) in [6.45, 7) is 6.07. The Bertz CT molecular complexity index is 1290. The highest BCUT2D eigenvalue weighted by molar-refractivity contribution is 7.94. The van der Waals surface area contributed by atoms with E-state index in [9.17, 15) is 12.8 Å². The molecule has 1 aliphatic carbocycles. The Balaban J connectivity index is 1.34. The summed E-state index contributed by atoms with van der Waals surface area (Å²) in [5.74, 6) is 2.87. The molecule has 3 atom stereocenters. The number of piperidine rings is 1. The fourth-order valence-electron chi connectivity index (χ4n) is 5.61.